The van der Waals surface area contributed by atoms with Gasteiger partial charge in [0.05, 0.1) is 25.8 Å². The molecule has 3 aliphatic heterocycles. The zero-order valence-electron chi connectivity index (χ0n) is 18.3. The predicted molar refractivity (Wildman–Crippen MR) is 122 cm³/mol. The third kappa shape index (κ3) is 3.19. The van der Waals surface area contributed by atoms with Gasteiger partial charge in [-0.1, -0.05) is 6.07 Å². The number of fused-ring (bicyclic) bond motifs is 2. The number of amides is 1. The Kier molecular flexibility index (Phi) is 4.72. The molecule has 1 saturated heterocycles. The molecule has 0 unspecified atom stereocenters. The van der Waals surface area contributed by atoms with Crippen LogP contribution in [0.25, 0.3) is 11.1 Å². The average molecular weight is 430 g/mol. The standard InChI is InChI=1S/C25H27N5O2/c1-17(31)28-12-8-24-22(14-28)25(27-30(24)21-15-32-16-21)29-11-2-3-20-13-19(4-5-23(20)29)18-6-9-26-10-7-18/h4-7,9-10,13,21H,2-3,8,11-12,14-16H2,1H3. The van der Waals surface area contributed by atoms with Crippen molar-refractivity contribution in [3.8, 4) is 11.1 Å². The Morgan fingerprint density at radius 3 is 2.66 bits per heavy atom. The van der Waals surface area contributed by atoms with E-state index in [2.05, 4.69) is 44.9 Å². The number of hydrogen-bond acceptors (Lipinski definition) is 5. The molecule has 2 aromatic heterocycles. The van der Waals surface area contributed by atoms with Crippen molar-refractivity contribution in [3.63, 3.8) is 0 Å². The number of hydrogen-bond donors (Lipinski definition) is 0. The van der Waals surface area contributed by atoms with Crippen molar-refractivity contribution in [2.75, 3.05) is 31.2 Å². The van der Waals surface area contributed by atoms with Gasteiger partial charge in [0.15, 0.2) is 5.82 Å². The van der Waals surface area contributed by atoms with E-state index in [4.69, 9.17) is 9.84 Å². The Bertz CT molecular complexity index is 1170. The van der Waals surface area contributed by atoms with Crippen molar-refractivity contribution in [2.45, 2.75) is 38.8 Å². The van der Waals surface area contributed by atoms with Gasteiger partial charge in [0.1, 0.15) is 0 Å². The van der Waals surface area contributed by atoms with Crippen LogP contribution in [0, 0.1) is 0 Å². The lowest BCUT2D eigenvalue weighted by Crippen LogP contribution is -2.37. The number of pyridine rings is 1. The lowest BCUT2D eigenvalue weighted by Gasteiger charge is -2.33. The normalized spacial score (nSPS) is 18.2. The van der Waals surface area contributed by atoms with Crippen LogP contribution in [0.3, 0.4) is 0 Å². The maximum atomic E-state index is 12.1. The molecule has 164 valence electrons. The largest absolute Gasteiger partial charge is 0.377 e. The molecule has 32 heavy (non-hydrogen) atoms. The number of aromatic nitrogens is 3. The van der Waals surface area contributed by atoms with E-state index < -0.39 is 0 Å². The molecule has 3 aliphatic rings. The summed E-state index contributed by atoms with van der Waals surface area (Å²) in [6, 6.07) is 11.1. The van der Waals surface area contributed by atoms with Crippen molar-refractivity contribution in [3.05, 3.63) is 59.5 Å². The molecule has 7 nitrogen and oxygen atoms in total. The molecule has 6 rings (SSSR count). The summed E-state index contributed by atoms with van der Waals surface area (Å²) < 4.78 is 7.65. The van der Waals surface area contributed by atoms with Crippen molar-refractivity contribution in [2.24, 2.45) is 0 Å². The fraction of sp³-hybridized carbons (Fsp3) is 0.400. The highest BCUT2D eigenvalue weighted by Gasteiger charge is 2.34. The number of carbonyl (C=O) groups is 1. The van der Waals surface area contributed by atoms with Gasteiger partial charge in [-0.25, -0.2) is 0 Å². The fourth-order valence-corrected chi connectivity index (χ4v) is 5.12. The first-order chi connectivity index (χ1) is 15.7. The van der Waals surface area contributed by atoms with Gasteiger partial charge in [0.2, 0.25) is 5.91 Å². The molecule has 0 N–H and O–H groups in total. The van der Waals surface area contributed by atoms with Gasteiger partial charge < -0.3 is 14.5 Å². The first-order valence-corrected chi connectivity index (χ1v) is 11.4. The molecule has 7 heteroatoms. The summed E-state index contributed by atoms with van der Waals surface area (Å²) in [7, 11) is 0. The summed E-state index contributed by atoms with van der Waals surface area (Å²) in [5.74, 6) is 1.14. The van der Waals surface area contributed by atoms with E-state index >= 15 is 0 Å². The smallest absolute Gasteiger partial charge is 0.219 e. The highest BCUT2D eigenvalue weighted by atomic mass is 16.5. The average Bonchev–Trinajstić information content (AvgIpc) is 3.16. The van der Waals surface area contributed by atoms with E-state index in [1.54, 1.807) is 6.92 Å². The first-order valence-electron chi connectivity index (χ1n) is 11.4. The lowest BCUT2D eigenvalue weighted by atomic mass is 9.96. The number of nitrogens with zero attached hydrogens (tertiary/aromatic N) is 5. The van der Waals surface area contributed by atoms with Crippen LogP contribution in [0.1, 0.15) is 36.2 Å². The fourth-order valence-electron chi connectivity index (χ4n) is 5.12. The van der Waals surface area contributed by atoms with Gasteiger partial charge in [-0.2, -0.15) is 5.10 Å². The van der Waals surface area contributed by atoms with Crippen LogP contribution in [0.5, 0.6) is 0 Å². The Labute approximate surface area is 187 Å². The van der Waals surface area contributed by atoms with Crippen LogP contribution in [0.2, 0.25) is 0 Å². The zero-order chi connectivity index (χ0) is 21.7. The second kappa shape index (κ2) is 7.74. The van der Waals surface area contributed by atoms with Crippen LogP contribution < -0.4 is 4.90 Å². The van der Waals surface area contributed by atoms with Gasteiger partial charge in [0.25, 0.3) is 0 Å². The van der Waals surface area contributed by atoms with Crippen LogP contribution in [-0.4, -0.2) is 51.9 Å². The summed E-state index contributed by atoms with van der Waals surface area (Å²) in [5, 5.41) is 5.13. The number of benzene rings is 1. The molecule has 0 saturated carbocycles. The Hall–Kier alpha value is -3.19. The van der Waals surface area contributed by atoms with Gasteiger partial charge in [-0.3, -0.25) is 14.5 Å². The molecule has 1 aromatic carbocycles. The highest BCUT2D eigenvalue weighted by Crippen LogP contribution is 2.40. The molecule has 0 atom stereocenters. The third-order valence-corrected chi connectivity index (χ3v) is 6.94. The van der Waals surface area contributed by atoms with E-state index in [1.807, 2.05) is 17.3 Å². The van der Waals surface area contributed by atoms with E-state index in [0.29, 0.717) is 12.6 Å². The predicted octanol–water partition coefficient (Wildman–Crippen LogP) is 3.51. The second-order valence-corrected chi connectivity index (χ2v) is 8.91. The van der Waals surface area contributed by atoms with Gasteiger partial charge in [0, 0.05) is 55.8 Å². The third-order valence-electron chi connectivity index (χ3n) is 6.94. The Morgan fingerprint density at radius 1 is 1.06 bits per heavy atom. The number of rotatable bonds is 3. The molecule has 1 amide bonds. The SMILES string of the molecule is CC(=O)N1CCc2c(c(N3CCCc4cc(-c5ccncc5)ccc43)nn2C2COC2)C1. The molecule has 0 aliphatic carbocycles. The number of anilines is 2. The lowest BCUT2D eigenvalue weighted by molar-refractivity contribution is -0.129. The van der Waals surface area contributed by atoms with Crippen LogP contribution in [0.15, 0.2) is 42.7 Å². The summed E-state index contributed by atoms with van der Waals surface area (Å²) in [6.07, 6.45) is 6.66. The van der Waals surface area contributed by atoms with Crippen LogP contribution in [0.4, 0.5) is 11.5 Å². The van der Waals surface area contributed by atoms with E-state index in [9.17, 15) is 4.79 Å². The minimum absolute atomic E-state index is 0.127. The number of carbonyl (C=O) groups excluding carboxylic acids is 1. The minimum atomic E-state index is 0.127. The summed E-state index contributed by atoms with van der Waals surface area (Å²) in [5.41, 5.74) is 7.45. The Morgan fingerprint density at radius 2 is 1.91 bits per heavy atom. The molecular formula is C25H27N5O2. The van der Waals surface area contributed by atoms with Gasteiger partial charge in [-0.15, -0.1) is 0 Å². The molecule has 3 aromatic rings. The maximum Gasteiger partial charge on any atom is 0.219 e. The first kappa shape index (κ1) is 19.5. The van der Waals surface area contributed by atoms with Crippen molar-refractivity contribution < 1.29 is 9.53 Å². The van der Waals surface area contributed by atoms with Crippen molar-refractivity contribution in [1.29, 1.82) is 0 Å². The van der Waals surface area contributed by atoms with Gasteiger partial charge >= 0.3 is 0 Å². The molecule has 0 bridgehead atoms. The molecule has 0 radical (unpaired) electrons. The van der Waals surface area contributed by atoms with Gasteiger partial charge in [-0.05, 0) is 53.8 Å². The molecule has 1 fully saturated rings. The zero-order valence-corrected chi connectivity index (χ0v) is 18.3. The second-order valence-electron chi connectivity index (χ2n) is 8.91. The van der Waals surface area contributed by atoms with E-state index in [1.165, 1.54) is 33.6 Å². The minimum Gasteiger partial charge on any atom is -0.377 e. The number of aryl methyl sites for hydroxylation is 1. The monoisotopic (exact) mass is 429 g/mol. The number of ether oxygens (including phenoxy) is 1. The quantitative estimate of drug-likeness (QED) is 0.638. The van der Waals surface area contributed by atoms with E-state index in [0.717, 1.165) is 51.4 Å². The van der Waals surface area contributed by atoms with Crippen molar-refractivity contribution >= 4 is 17.4 Å². The molecule has 5 heterocycles. The van der Waals surface area contributed by atoms with E-state index in [-0.39, 0.29) is 5.91 Å². The summed E-state index contributed by atoms with van der Waals surface area (Å²) in [6.45, 7) is 5.42. The Balaban J connectivity index is 1.42. The van der Waals surface area contributed by atoms with Crippen molar-refractivity contribution in [1.82, 2.24) is 19.7 Å². The topological polar surface area (TPSA) is 63.5 Å². The molecular weight excluding hydrogens is 402 g/mol. The van der Waals surface area contributed by atoms with Crippen LogP contribution >= 0.6 is 0 Å². The summed E-state index contributed by atoms with van der Waals surface area (Å²) in [4.78, 5) is 20.6. The van der Waals surface area contributed by atoms with Crippen LogP contribution in [-0.2, 0) is 28.9 Å². The highest BCUT2D eigenvalue weighted by molar-refractivity contribution is 5.76. The molecule has 0 spiro atoms. The maximum absolute atomic E-state index is 12.1. The summed E-state index contributed by atoms with van der Waals surface area (Å²) >= 11 is 0.